The molecular weight excluding hydrogens is 431 g/mol. The third-order valence-corrected chi connectivity index (χ3v) is 5.31. The van der Waals surface area contributed by atoms with E-state index in [4.69, 9.17) is 27.9 Å². The minimum absolute atomic E-state index is 0.0886. The first kappa shape index (κ1) is 21.6. The third kappa shape index (κ3) is 4.90. The molecular formula is C20H18Cl2N4O4. The van der Waals surface area contributed by atoms with E-state index in [1.807, 2.05) is 6.92 Å². The van der Waals surface area contributed by atoms with Crippen LogP contribution in [0, 0.1) is 30.9 Å². The first-order valence-electron chi connectivity index (χ1n) is 8.87. The van der Waals surface area contributed by atoms with Gasteiger partial charge in [-0.1, -0.05) is 23.2 Å². The van der Waals surface area contributed by atoms with Crippen molar-refractivity contribution in [1.29, 1.82) is 0 Å². The molecule has 1 N–H and O–H groups in total. The number of amides is 1. The maximum atomic E-state index is 12.4. The van der Waals surface area contributed by atoms with Crippen LogP contribution in [-0.2, 0) is 11.3 Å². The van der Waals surface area contributed by atoms with Crippen LogP contribution in [0.25, 0.3) is 0 Å². The Labute approximate surface area is 182 Å². The molecule has 1 aromatic heterocycles. The highest BCUT2D eigenvalue weighted by atomic mass is 35.5. The van der Waals surface area contributed by atoms with Gasteiger partial charge in [0, 0.05) is 17.2 Å². The molecule has 30 heavy (non-hydrogen) atoms. The van der Waals surface area contributed by atoms with E-state index in [1.165, 1.54) is 22.9 Å². The van der Waals surface area contributed by atoms with Gasteiger partial charge in [-0.25, -0.2) is 0 Å². The predicted octanol–water partition coefficient (Wildman–Crippen LogP) is 5.45. The van der Waals surface area contributed by atoms with Crippen molar-refractivity contribution in [3.05, 3.63) is 73.5 Å². The van der Waals surface area contributed by atoms with Gasteiger partial charge in [-0.15, -0.1) is 0 Å². The van der Waals surface area contributed by atoms with Crippen LogP contribution < -0.4 is 10.1 Å². The monoisotopic (exact) mass is 448 g/mol. The molecule has 0 saturated carbocycles. The van der Waals surface area contributed by atoms with Crippen LogP contribution in [0.2, 0.25) is 10.0 Å². The maximum Gasteiger partial charge on any atom is 0.275 e. The zero-order chi connectivity index (χ0) is 22.0. The molecule has 0 unspecified atom stereocenters. The first-order valence-corrected chi connectivity index (χ1v) is 9.62. The lowest BCUT2D eigenvalue weighted by atomic mass is 10.2. The Kier molecular flexibility index (Phi) is 6.28. The highest BCUT2D eigenvalue weighted by molar-refractivity contribution is 6.32. The smallest absolute Gasteiger partial charge is 0.275 e. The Bertz CT molecular complexity index is 1140. The summed E-state index contributed by atoms with van der Waals surface area (Å²) in [5, 5.41) is 19.2. The van der Waals surface area contributed by atoms with E-state index in [-0.39, 0.29) is 23.7 Å². The molecule has 1 heterocycles. The van der Waals surface area contributed by atoms with Gasteiger partial charge in [0.05, 0.1) is 33.1 Å². The van der Waals surface area contributed by atoms with Crippen LogP contribution in [0.15, 0.2) is 36.4 Å². The van der Waals surface area contributed by atoms with Gasteiger partial charge in [0.2, 0.25) is 5.91 Å². The Morgan fingerprint density at radius 1 is 1.17 bits per heavy atom. The van der Waals surface area contributed by atoms with E-state index in [1.54, 1.807) is 32.0 Å². The number of carbonyl (C=O) groups is 1. The number of ether oxygens (including phenoxy) is 1. The van der Waals surface area contributed by atoms with Gasteiger partial charge < -0.3 is 10.1 Å². The molecule has 2 aromatic carbocycles. The molecule has 0 spiro atoms. The number of aryl methyl sites for hydroxylation is 2. The van der Waals surface area contributed by atoms with Crippen molar-refractivity contribution in [2.24, 2.45) is 0 Å². The summed E-state index contributed by atoms with van der Waals surface area (Å²) in [5.41, 5.74) is 2.08. The molecule has 156 valence electrons. The molecule has 0 fully saturated rings. The van der Waals surface area contributed by atoms with Crippen molar-refractivity contribution >= 4 is 40.5 Å². The van der Waals surface area contributed by atoms with Crippen molar-refractivity contribution in [2.75, 3.05) is 5.32 Å². The summed E-state index contributed by atoms with van der Waals surface area (Å²) in [7, 11) is 0. The predicted molar refractivity (Wildman–Crippen MR) is 115 cm³/mol. The molecule has 0 aliphatic carbocycles. The van der Waals surface area contributed by atoms with Crippen molar-refractivity contribution in [3.8, 4) is 11.5 Å². The number of non-ortho nitro benzene ring substituents is 1. The van der Waals surface area contributed by atoms with E-state index in [0.717, 1.165) is 5.56 Å². The zero-order valence-corrected chi connectivity index (χ0v) is 17.9. The third-order valence-electron chi connectivity index (χ3n) is 4.34. The summed E-state index contributed by atoms with van der Waals surface area (Å²) in [4.78, 5) is 23.2. The highest BCUT2D eigenvalue weighted by Crippen LogP contribution is 2.31. The van der Waals surface area contributed by atoms with Gasteiger partial charge >= 0.3 is 0 Å². The molecule has 0 aliphatic heterocycles. The van der Waals surface area contributed by atoms with Crippen molar-refractivity contribution in [2.45, 2.75) is 27.3 Å². The Balaban J connectivity index is 1.83. The number of benzene rings is 2. The summed E-state index contributed by atoms with van der Waals surface area (Å²) >= 11 is 12.1. The van der Waals surface area contributed by atoms with Gasteiger partial charge in [0.15, 0.2) is 0 Å². The fourth-order valence-electron chi connectivity index (χ4n) is 2.80. The van der Waals surface area contributed by atoms with E-state index in [0.29, 0.717) is 27.2 Å². The number of nitrogens with one attached hydrogen (secondary N) is 1. The first-order chi connectivity index (χ1) is 14.1. The number of hydrogen-bond acceptors (Lipinski definition) is 5. The largest absolute Gasteiger partial charge is 0.457 e. The second-order valence-electron chi connectivity index (χ2n) is 6.68. The average Bonchev–Trinajstić information content (AvgIpc) is 2.91. The van der Waals surface area contributed by atoms with Gasteiger partial charge in [0.25, 0.3) is 5.69 Å². The Morgan fingerprint density at radius 2 is 1.90 bits per heavy atom. The molecule has 1 amide bonds. The number of carbonyl (C=O) groups excluding carboxylic acids is 1. The second kappa shape index (κ2) is 8.73. The highest BCUT2D eigenvalue weighted by Gasteiger charge is 2.16. The van der Waals surface area contributed by atoms with Gasteiger partial charge in [-0.3, -0.25) is 19.6 Å². The van der Waals surface area contributed by atoms with Crippen LogP contribution in [-0.4, -0.2) is 20.6 Å². The quantitative estimate of drug-likeness (QED) is 0.398. The molecule has 3 aromatic rings. The van der Waals surface area contributed by atoms with Crippen LogP contribution >= 0.6 is 23.2 Å². The van der Waals surface area contributed by atoms with E-state index >= 15 is 0 Å². The number of nitrogens with zero attached hydrogens (tertiary/aromatic N) is 3. The molecule has 8 nitrogen and oxygen atoms in total. The lowest BCUT2D eigenvalue weighted by Gasteiger charge is -2.11. The number of aromatic nitrogens is 2. The van der Waals surface area contributed by atoms with E-state index < -0.39 is 10.8 Å². The van der Waals surface area contributed by atoms with Crippen molar-refractivity contribution < 1.29 is 14.5 Å². The Hall–Kier alpha value is -3.10. The van der Waals surface area contributed by atoms with E-state index in [9.17, 15) is 14.9 Å². The number of nitro groups is 1. The number of anilines is 1. The molecule has 3 rings (SSSR count). The van der Waals surface area contributed by atoms with E-state index in [2.05, 4.69) is 10.4 Å². The number of hydrogen-bond donors (Lipinski definition) is 1. The molecule has 0 bridgehead atoms. The maximum absolute atomic E-state index is 12.4. The fourth-order valence-corrected chi connectivity index (χ4v) is 3.06. The molecule has 0 atom stereocenters. The summed E-state index contributed by atoms with van der Waals surface area (Å²) in [5.74, 6) is 0.258. The van der Waals surface area contributed by atoms with Crippen LogP contribution in [0.1, 0.15) is 17.0 Å². The van der Waals surface area contributed by atoms with Crippen LogP contribution in [0.4, 0.5) is 11.4 Å². The number of nitro benzene ring substituents is 1. The van der Waals surface area contributed by atoms with Crippen LogP contribution in [0.5, 0.6) is 11.5 Å². The van der Waals surface area contributed by atoms with Gasteiger partial charge in [-0.2, -0.15) is 5.10 Å². The fraction of sp³-hybridized carbons (Fsp3) is 0.200. The standard InChI is InChI=1S/C20H18Cl2N4O4/c1-11-6-16(4-5-18(11)21)30-17-8-14(7-15(9-17)26(28)29)23-19(27)10-25-13(3)20(22)12(2)24-25/h4-9H,10H2,1-3H3,(H,23,27). The Morgan fingerprint density at radius 3 is 2.50 bits per heavy atom. The lowest BCUT2D eigenvalue weighted by molar-refractivity contribution is -0.384. The SMILES string of the molecule is Cc1cc(Oc2cc(NC(=O)Cn3nc(C)c(Cl)c3C)cc([N+](=O)[O-])c2)ccc1Cl. The van der Waals surface area contributed by atoms with Gasteiger partial charge in [0.1, 0.15) is 18.0 Å². The molecule has 0 aliphatic rings. The second-order valence-corrected chi connectivity index (χ2v) is 7.46. The summed E-state index contributed by atoms with van der Waals surface area (Å²) < 4.78 is 7.20. The molecule has 10 heteroatoms. The number of rotatable bonds is 6. The summed E-state index contributed by atoms with van der Waals surface area (Å²) in [6.07, 6.45) is 0. The van der Waals surface area contributed by atoms with Crippen molar-refractivity contribution in [1.82, 2.24) is 9.78 Å². The molecule has 0 radical (unpaired) electrons. The van der Waals surface area contributed by atoms with Crippen LogP contribution in [0.3, 0.4) is 0 Å². The lowest BCUT2D eigenvalue weighted by Crippen LogP contribution is -2.20. The normalized spacial score (nSPS) is 10.7. The van der Waals surface area contributed by atoms with Crippen molar-refractivity contribution in [3.63, 3.8) is 0 Å². The molecule has 0 saturated heterocycles. The zero-order valence-electron chi connectivity index (χ0n) is 16.4. The topological polar surface area (TPSA) is 99.3 Å². The minimum Gasteiger partial charge on any atom is -0.457 e. The summed E-state index contributed by atoms with van der Waals surface area (Å²) in [6.45, 7) is 5.23. The average molecular weight is 449 g/mol. The van der Waals surface area contributed by atoms with Gasteiger partial charge in [-0.05, 0) is 44.5 Å². The summed E-state index contributed by atoms with van der Waals surface area (Å²) in [6, 6.07) is 9.08. The minimum atomic E-state index is -0.559. The number of halogens is 2.